The molecule has 1 aliphatic heterocycles. The number of carbonyl (C=O) groups excluding carboxylic acids is 1. The zero-order chi connectivity index (χ0) is 23.0. The van der Waals surface area contributed by atoms with Crippen LogP contribution in [0.3, 0.4) is 0 Å². The molecular weight excluding hydrogens is 440 g/mol. The molecular formula is C27H25ClO5. The second-order valence-electron chi connectivity index (χ2n) is 7.52. The van der Waals surface area contributed by atoms with E-state index in [1.54, 1.807) is 13.0 Å². The molecule has 0 atom stereocenters. The first kappa shape index (κ1) is 22.7. The molecule has 4 rings (SSSR count). The van der Waals surface area contributed by atoms with Gasteiger partial charge in [-0.15, -0.1) is 0 Å². The zero-order valence-electron chi connectivity index (χ0n) is 18.4. The van der Waals surface area contributed by atoms with Gasteiger partial charge in [-0.1, -0.05) is 48.0 Å². The van der Waals surface area contributed by atoms with Gasteiger partial charge in [0.1, 0.15) is 25.6 Å². The average Bonchev–Trinajstić information content (AvgIpc) is 2.83. The van der Waals surface area contributed by atoms with Crippen LogP contribution in [0.4, 0.5) is 0 Å². The second-order valence-corrected chi connectivity index (χ2v) is 7.96. The Kier molecular flexibility index (Phi) is 7.53. The van der Waals surface area contributed by atoms with E-state index in [0.717, 1.165) is 33.8 Å². The van der Waals surface area contributed by atoms with E-state index < -0.39 is 0 Å². The minimum Gasteiger partial charge on any atom is -0.488 e. The number of rotatable bonds is 8. The van der Waals surface area contributed by atoms with Crippen molar-refractivity contribution >= 4 is 23.6 Å². The SMILES string of the molecule is CCOC(=O)C=Cc1ccc(Cc2cc3c(cc2OCc2ccc(Cl)cc2)OCCO3)cc1. The van der Waals surface area contributed by atoms with Crippen LogP contribution in [-0.4, -0.2) is 25.8 Å². The highest BCUT2D eigenvalue weighted by Crippen LogP contribution is 2.38. The summed E-state index contributed by atoms with van der Waals surface area (Å²) in [6.07, 6.45) is 3.84. The van der Waals surface area contributed by atoms with Crippen molar-refractivity contribution in [3.63, 3.8) is 0 Å². The van der Waals surface area contributed by atoms with E-state index in [-0.39, 0.29) is 5.97 Å². The zero-order valence-corrected chi connectivity index (χ0v) is 19.1. The molecule has 33 heavy (non-hydrogen) atoms. The van der Waals surface area contributed by atoms with Crippen LogP contribution in [0.2, 0.25) is 5.02 Å². The molecule has 3 aromatic rings. The Labute approximate surface area is 198 Å². The van der Waals surface area contributed by atoms with E-state index in [1.165, 1.54) is 6.08 Å². The van der Waals surface area contributed by atoms with Crippen LogP contribution in [0, 0.1) is 0 Å². The highest BCUT2D eigenvalue weighted by atomic mass is 35.5. The number of halogens is 1. The van der Waals surface area contributed by atoms with E-state index in [0.29, 0.717) is 43.6 Å². The van der Waals surface area contributed by atoms with Crippen molar-refractivity contribution in [2.45, 2.75) is 20.0 Å². The van der Waals surface area contributed by atoms with Crippen LogP contribution >= 0.6 is 11.6 Å². The summed E-state index contributed by atoms with van der Waals surface area (Å²) in [5.41, 5.74) is 4.06. The number of carbonyl (C=O) groups is 1. The molecule has 0 spiro atoms. The standard InChI is InChI=1S/C27H25ClO5/c1-2-30-27(29)12-9-19-3-5-20(6-4-19)15-22-16-25-26(32-14-13-31-25)17-24(22)33-18-21-7-10-23(28)11-8-21/h3-12,16-17H,2,13-15,18H2,1H3. The third-order valence-corrected chi connectivity index (χ3v) is 5.36. The molecule has 170 valence electrons. The lowest BCUT2D eigenvalue weighted by Crippen LogP contribution is -2.16. The van der Waals surface area contributed by atoms with Gasteiger partial charge in [0.15, 0.2) is 11.5 Å². The summed E-state index contributed by atoms with van der Waals surface area (Å²) in [6, 6.07) is 19.5. The van der Waals surface area contributed by atoms with E-state index in [1.807, 2.05) is 60.7 Å². The van der Waals surface area contributed by atoms with Gasteiger partial charge in [0.05, 0.1) is 6.61 Å². The summed E-state index contributed by atoms with van der Waals surface area (Å²) in [5.74, 6) is 1.82. The molecule has 0 saturated heterocycles. The second kappa shape index (κ2) is 10.9. The molecule has 0 amide bonds. The van der Waals surface area contributed by atoms with E-state index in [4.69, 9.17) is 30.5 Å². The molecule has 5 nitrogen and oxygen atoms in total. The molecule has 0 N–H and O–H groups in total. The minimum atomic E-state index is -0.347. The van der Waals surface area contributed by atoms with Crippen molar-refractivity contribution in [1.82, 2.24) is 0 Å². The van der Waals surface area contributed by atoms with Gasteiger partial charge in [0.25, 0.3) is 0 Å². The van der Waals surface area contributed by atoms with Gasteiger partial charge in [-0.25, -0.2) is 4.79 Å². The molecule has 0 bridgehead atoms. The van der Waals surface area contributed by atoms with Gasteiger partial charge < -0.3 is 18.9 Å². The van der Waals surface area contributed by atoms with Crippen LogP contribution in [0.15, 0.2) is 66.7 Å². The maximum absolute atomic E-state index is 11.5. The summed E-state index contributed by atoms with van der Waals surface area (Å²) in [6.45, 7) is 3.61. The Bertz CT molecular complexity index is 1120. The van der Waals surface area contributed by atoms with Crippen molar-refractivity contribution in [2.75, 3.05) is 19.8 Å². The van der Waals surface area contributed by atoms with Gasteiger partial charge in [-0.2, -0.15) is 0 Å². The molecule has 3 aromatic carbocycles. The Hall–Kier alpha value is -3.44. The lowest BCUT2D eigenvalue weighted by Gasteiger charge is -2.21. The highest BCUT2D eigenvalue weighted by Gasteiger charge is 2.17. The first-order valence-electron chi connectivity index (χ1n) is 10.8. The number of hydrogen-bond donors (Lipinski definition) is 0. The largest absolute Gasteiger partial charge is 0.488 e. The van der Waals surface area contributed by atoms with Crippen molar-refractivity contribution in [3.05, 3.63) is 94.0 Å². The van der Waals surface area contributed by atoms with Crippen LogP contribution < -0.4 is 14.2 Å². The summed E-state index contributed by atoms with van der Waals surface area (Å²) >= 11 is 5.99. The Morgan fingerprint density at radius 2 is 1.64 bits per heavy atom. The Morgan fingerprint density at radius 3 is 2.33 bits per heavy atom. The summed E-state index contributed by atoms with van der Waals surface area (Å²) < 4.78 is 22.6. The van der Waals surface area contributed by atoms with Crippen LogP contribution in [-0.2, 0) is 22.6 Å². The molecule has 0 saturated carbocycles. The molecule has 6 heteroatoms. The summed E-state index contributed by atoms with van der Waals surface area (Å²) in [7, 11) is 0. The number of ether oxygens (including phenoxy) is 4. The number of esters is 1. The molecule has 0 aliphatic carbocycles. The molecule has 0 fully saturated rings. The fourth-order valence-electron chi connectivity index (χ4n) is 3.45. The number of hydrogen-bond acceptors (Lipinski definition) is 5. The lowest BCUT2D eigenvalue weighted by atomic mass is 10.0. The van der Waals surface area contributed by atoms with Crippen LogP contribution in [0.25, 0.3) is 6.08 Å². The molecule has 0 aromatic heterocycles. The summed E-state index contributed by atoms with van der Waals surface area (Å²) in [4.78, 5) is 11.5. The third-order valence-electron chi connectivity index (χ3n) is 5.11. The predicted octanol–water partition coefficient (Wildman–Crippen LogP) is 5.86. The topological polar surface area (TPSA) is 54.0 Å². The van der Waals surface area contributed by atoms with Crippen molar-refractivity contribution < 1.29 is 23.7 Å². The maximum atomic E-state index is 11.5. The highest BCUT2D eigenvalue weighted by molar-refractivity contribution is 6.30. The first-order chi connectivity index (χ1) is 16.1. The van der Waals surface area contributed by atoms with Gasteiger partial charge in [-0.3, -0.25) is 0 Å². The quantitative estimate of drug-likeness (QED) is 0.309. The minimum absolute atomic E-state index is 0.347. The van der Waals surface area contributed by atoms with Crippen molar-refractivity contribution in [1.29, 1.82) is 0 Å². The smallest absolute Gasteiger partial charge is 0.330 e. The summed E-state index contributed by atoms with van der Waals surface area (Å²) in [5, 5.41) is 0.694. The van der Waals surface area contributed by atoms with E-state index in [2.05, 4.69) is 0 Å². The van der Waals surface area contributed by atoms with Crippen LogP contribution in [0.1, 0.15) is 29.2 Å². The number of fused-ring (bicyclic) bond motifs is 1. The Morgan fingerprint density at radius 1 is 0.970 bits per heavy atom. The van der Waals surface area contributed by atoms with Crippen molar-refractivity contribution in [2.24, 2.45) is 0 Å². The molecule has 1 aliphatic rings. The average molecular weight is 465 g/mol. The molecule has 1 heterocycles. The van der Waals surface area contributed by atoms with Gasteiger partial charge in [0.2, 0.25) is 0 Å². The molecule has 0 unspecified atom stereocenters. The lowest BCUT2D eigenvalue weighted by molar-refractivity contribution is -0.137. The van der Waals surface area contributed by atoms with Gasteiger partial charge >= 0.3 is 5.97 Å². The van der Waals surface area contributed by atoms with Gasteiger partial charge in [-0.05, 0) is 47.9 Å². The normalized spacial score (nSPS) is 12.5. The van der Waals surface area contributed by atoms with E-state index >= 15 is 0 Å². The van der Waals surface area contributed by atoms with Gasteiger partial charge in [0, 0.05) is 29.1 Å². The monoisotopic (exact) mass is 464 g/mol. The number of benzene rings is 3. The predicted molar refractivity (Wildman–Crippen MR) is 128 cm³/mol. The van der Waals surface area contributed by atoms with E-state index in [9.17, 15) is 4.79 Å². The molecule has 0 radical (unpaired) electrons. The fraction of sp³-hybridized carbons (Fsp3) is 0.222. The first-order valence-corrected chi connectivity index (χ1v) is 11.2. The third kappa shape index (κ3) is 6.30. The van der Waals surface area contributed by atoms with Crippen molar-refractivity contribution in [3.8, 4) is 17.2 Å². The van der Waals surface area contributed by atoms with Crippen LogP contribution in [0.5, 0.6) is 17.2 Å². The maximum Gasteiger partial charge on any atom is 0.330 e. The fourth-order valence-corrected chi connectivity index (χ4v) is 3.57. The Balaban J connectivity index is 1.51.